The molecule has 0 atom stereocenters. The van der Waals surface area contributed by atoms with Crippen LogP contribution in [-0.2, 0) is 0 Å². The topological polar surface area (TPSA) is 3.24 Å². The van der Waals surface area contributed by atoms with Crippen molar-refractivity contribution in [1.29, 1.82) is 0 Å². The number of nitrogens with zero attached hydrogens (tertiary/aromatic N) is 1. The smallest absolute Gasteiger partial charge is 0.0539 e. The Morgan fingerprint density at radius 3 is 1.74 bits per heavy atom. The van der Waals surface area contributed by atoms with E-state index in [9.17, 15) is 0 Å². The highest BCUT2D eigenvalue weighted by atomic mass is 15.1. The van der Waals surface area contributed by atoms with E-state index in [1.807, 2.05) is 0 Å². The van der Waals surface area contributed by atoms with Gasteiger partial charge >= 0.3 is 0 Å². The third-order valence-corrected chi connectivity index (χ3v) is 5.35. The lowest BCUT2D eigenvalue weighted by Crippen LogP contribution is -2.16. The molecular formula is C30H27N. The predicted molar refractivity (Wildman–Crippen MR) is 134 cm³/mol. The molecule has 0 aliphatic rings. The third kappa shape index (κ3) is 4.51. The van der Waals surface area contributed by atoms with Crippen molar-refractivity contribution < 1.29 is 0 Å². The van der Waals surface area contributed by atoms with Gasteiger partial charge < -0.3 is 4.90 Å². The minimum atomic E-state index is 1.13. The normalized spacial score (nSPS) is 11.6. The van der Waals surface area contributed by atoms with Gasteiger partial charge in [-0.3, -0.25) is 0 Å². The summed E-state index contributed by atoms with van der Waals surface area (Å²) in [5.41, 5.74) is 8.29. The first-order valence-electron chi connectivity index (χ1n) is 10.7. The van der Waals surface area contributed by atoms with Crippen LogP contribution in [-0.4, -0.2) is 0 Å². The highest BCUT2D eigenvalue weighted by Crippen LogP contribution is 2.38. The zero-order chi connectivity index (χ0) is 21.5. The molecule has 4 aromatic carbocycles. The van der Waals surface area contributed by atoms with Crippen molar-refractivity contribution in [3.05, 3.63) is 133 Å². The van der Waals surface area contributed by atoms with Crippen molar-refractivity contribution in [1.82, 2.24) is 0 Å². The highest BCUT2D eigenvalue weighted by Gasteiger charge is 2.17. The van der Waals surface area contributed by atoms with Gasteiger partial charge in [0.05, 0.1) is 5.69 Å². The second kappa shape index (κ2) is 9.77. The van der Waals surface area contributed by atoms with E-state index in [2.05, 4.69) is 146 Å². The Labute approximate surface area is 185 Å². The summed E-state index contributed by atoms with van der Waals surface area (Å²) in [5, 5.41) is 0. The van der Waals surface area contributed by atoms with Crippen LogP contribution in [0.5, 0.6) is 0 Å². The van der Waals surface area contributed by atoms with E-state index >= 15 is 0 Å². The average molecular weight is 402 g/mol. The molecular weight excluding hydrogens is 374 g/mol. The molecule has 1 nitrogen and oxygen atoms in total. The summed E-state index contributed by atoms with van der Waals surface area (Å²) >= 11 is 0. The molecule has 0 bridgehead atoms. The highest BCUT2D eigenvalue weighted by molar-refractivity contribution is 5.85. The average Bonchev–Trinajstić information content (AvgIpc) is 2.85. The maximum atomic E-state index is 2.33. The Bertz CT molecular complexity index is 1170. The van der Waals surface area contributed by atoms with Gasteiger partial charge in [0.25, 0.3) is 0 Å². The van der Waals surface area contributed by atoms with Gasteiger partial charge in [0.1, 0.15) is 0 Å². The minimum absolute atomic E-state index is 1.13. The fraction of sp³-hybridized carbons (Fsp3) is 0.0667. The molecule has 0 spiro atoms. The molecule has 1 heteroatoms. The molecule has 4 aromatic rings. The van der Waals surface area contributed by atoms with Gasteiger partial charge in [-0.25, -0.2) is 0 Å². The van der Waals surface area contributed by atoms with Crippen LogP contribution in [0, 0.1) is 0 Å². The molecule has 0 fully saturated rings. The van der Waals surface area contributed by atoms with Crippen LogP contribution in [0.4, 0.5) is 11.4 Å². The van der Waals surface area contributed by atoms with Crippen molar-refractivity contribution >= 4 is 11.4 Å². The number of hydrogen-bond acceptors (Lipinski definition) is 1. The summed E-state index contributed by atoms with van der Waals surface area (Å²) in [5.74, 6) is 0. The van der Waals surface area contributed by atoms with Gasteiger partial charge in [-0.1, -0.05) is 103 Å². The molecule has 0 saturated carbocycles. The van der Waals surface area contributed by atoms with E-state index in [4.69, 9.17) is 0 Å². The molecule has 0 amide bonds. The molecule has 152 valence electrons. The van der Waals surface area contributed by atoms with Crippen LogP contribution in [0.25, 0.3) is 22.3 Å². The fourth-order valence-electron chi connectivity index (χ4n) is 3.86. The third-order valence-electron chi connectivity index (χ3n) is 5.35. The van der Waals surface area contributed by atoms with Crippen molar-refractivity contribution in [3.8, 4) is 22.3 Å². The molecule has 0 aliphatic heterocycles. The number of hydrogen-bond donors (Lipinski definition) is 0. The van der Waals surface area contributed by atoms with Crippen LogP contribution >= 0.6 is 0 Å². The van der Waals surface area contributed by atoms with Gasteiger partial charge in [0.15, 0.2) is 0 Å². The number of anilines is 2. The zero-order valence-electron chi connectivity index (χ0n) is 18.1. The summed E-state index contributed by atoms with van der Waals surface area (Å²) in [4.78, 5) is 2.33. The van der Waals surface area contributed by atoms with E-state index in [-0.39, 0.29) is 0 Å². The summed E-state index contributed by atoms with van der Waals surface area (Å²) in [6, 6.07) is 38.5. The Morgan fingerprint density at radius 2 is 1.13 bits per heavy atom. The monoisotopic (exact) mass is 401 g/mol. The lowest BCUT2D eigenvalue weighted by Gasteiger charge is -2.29. The van der Waals surface area contributed by atoms with Crippen LogP contribution in [0.2, 0.25) is 0 Å². The van der Waals surface area contributed by atoms with E-state index in [0.29, 0.717) is 0 Å². The molecule has 0 radical (unpaired) electrons. The van der Waals surface area contributed by atoms with Gasteiger partial charge in [-0.15, -0.1) is 0 Å². The van der Waals surface area contributed by atoms with E-state index in [1.165, 1.54) is 22.3 Å². The van der Waals surface area contributed by atoms with Crippen molar-refractivity contribution in [2.45, 2.75) is 13.8 Å². The van der Waals surface area contributed by atoms with Crippen molar-refractivity contribution in [2.75, 3.05) is 4.90 Å². The Morgan fingerprint density at radius 1 is 0.581 bits per heavy atom. The first-order valence-corrected chi connectivity index (χ1v) is 10.7. The number of allylic oxidation sites excluding steroid dienone is 3. The summed E-state index contributed by atoms with van der Waals surface area (Å²) < 4.78 is 0. The molecule has 4 rings (SSSR count). The van der Waals surface area contributed by atoms with Crippen LogP contribution in [0.3, 0.4) is 0 Å². The van der Waals surface area contributed by atoms with Crippen LogP contribution in [0.1, 0.15) is 13.8 Å². The van der Waals surface area contributed by atoms with Gasteiger partial charge in [-0.2, -0.15) is 0 Å². The standard InChI is InChI=1S/C30H27N/c1-3-13-27(4-2)31(28-22-20-25(21-23-28)24-14-7-5-8-15-24)30-19-12-11-18-29(30)26-16-9-6-10-17-26/h3-23H,1-2H3/b13-3-,27-4+. The number of para-hydroxylation sites is 1. The van der Waals surface area contributed by atoms with E-state index in [0.717, 1.165) is 17.1 Å². The molecule has 0 aliphatic carbocycles. The quantitative estimate of drug-likeness (QED) is 0.292. The molecule has 0 saturated heterocycles. The first-order chi connectivity index (χ1) is 15.3. The molecule has 31 heavy (non-hydrogen) atoms. The molecule has 0 unspecified atom stereocenters. The SMILES string of the molecule is C/C=C\C(=C/C)N(c1ccc(-c2ccccc2)cc1)c1ccccc1-c1ccccc1. The lowest BCUT2D eigenvalue weighted by molar-refractivity contribution is 1.20. The fourth-order valence-corrected chi connectivity index (χ4v) is 3.86. The molecule has 0 N–H and O–H groups in total. The zero-order valence-corrected chi connectivity index (χ0v) is 18.1. The number of benzene rings is 4. The minimum Gasteiger partial charge on any atom is -0.310 e. The second-order valence-electron chi connectivity index (χ2n) is 7.35. The maximum absolute atomic E-state index is 2.33. The second-order valence-corrected chi connectivity index (χ2v) is 7.35. The van der Waals surface area contributed by atoms with E-state index < -0.39 is 0 Å². The van der Waals surface area contributed by atoms with E-state index in [1.54, 1.807) is 0 Å². The van der Waals surface area contributed by atoms with Crippen molar-refractivity contribution in [2.24, 2.45) is 0 Å². The van der Waals surface area contributed by atoms with Gasteiger partial charge in [-0.05, 0) is 54.8 Å². The Hall–Kier alpha value is -3.84. The summed E-state index contributed by atoms with van der Waals surface area (Å²) in [7, 11) is 0. The molecule has 0 heterocycles. The molecule has 0 aromatic heterocycles. The summed E-state index contributed by atoms with van der Waals surface area (Å²) in [6.45, 7) is 4.15. The van der Waals surface area contributed by atoms with Crippen LogP contribution < -0.4 is 4.90 Å². The van der Waals surface area contributed by atoms with Gasteiger partial charge in [0.2, 0.25) is 0 Å². The summed E-state index contributed by atoms with van der Waals surface area (Å²) in [6.07, 6.45) is 6.41. The lowest BCUT2D eigenvalue weighted by atomic mass is 10.0. The van der Waals surface area contributed by atoms with Crippen LogP contribution in [0.15, 0.2) is 133 Å². The number of rotatable bonds is 6. The first kappa shape index (κ1) is 20.4. The van der Waals surface area contributed by atoms with Gasteiger partial charge in [0, 0.05) is 16.9 Å². The predicted octanol–water partition coefficient (Wildman–Crippen LogP) is 8.64. The Kier molecular flexibility index (Phi) is 6.44. The Balaban J connectivity index is 1.84. The maximum Gasteiger partial charge on any atom is 0.0539 e. The van der Waals surface area contributed by atoms with Crippen molar-refractivity contribution in [3.63, 3.8) is 0 Å². The largest absolute Gasteiger partial charge is 0.310 e.